The average Bonchev–Trinajstić information content (AvgIpc) is 2.91. The van der Waals surface area contributed by atoms with Crippen molar-refractivity contribution in [2.24, 2.45) is 0 Å². The first kappa shape index (κ1) is 11.9. The fraction of sp³-hybridized carbons (Fsp3) is 0.357. The predicted octanol–water partition coefficient (Wildman–Crippen LogP) is 2.74. The highest BCUT2D eigenvalue weighted by atomic mass is 16.3. The van der Waals surface area contributed by atoms with Crippen LogP contribution >= 0.6 is 0 Å². The number of aryl methyl sites for hydroxylation is 1. The third kappa shape index (κ3) is 2.56. The minimum absolute atomic E-state index is 0.0579. The maximum absolute atomic E-state index is 10.3. The second-order valence-electron chi connectivity index (χ2n) is 4.27. The largest absolute Gasteiger partial charge is 0.386 e. The Bertz CT molecular complexity index is 448. The maximum Gasteiger partial charge on any atom is 0.101 e. The first-order valence-electron chi connectivity index (χ1n) is 5.98. The first-order chi connectivity index (χ1) is 8.22. The van der Waals surface area contributed by atoms with E-state index >= 15 is 0 Å². The van der Waals surface area contributed by atoms with Gasteiger partial charge in [-0.05, 0) is 30.5 Å². The minimum atomic E-state index is -0.527. The zero-order chi connectivity index (χ0) is 12.3. The fourth-order valence-corrected chi connectivity index (χ4v) is 1.90. The quantitative estimate of drug-likeness (QED) is 0.877. The van der Waals surface area contributed by atoms with Crippen LogP contribution in [0.25, 0.3) is 0 Å². The predicted molar refractivity (Wildman–Crippen MR) is 67.7 cm³/mol. The standard InChI is InChI=1S/C14H18N2O/c1-3-12-5-7-13(8-6-12)14(17)11(2)16-10-4-9-15-16/h4-11,14,17H,3H2,1-2H3. The molecule has 3 heteroatoms. The average molecular weight is 230 g/mol. The molecule has 1 aromatic heterocycles. The lowest BCUT2D eigenvalue weighted by Gasteiger charge is -2.19. The van der Waals surface area contributed by atoms with E-state index in [2.05, 4.69) is 24.2 Å². The summed E-state index contributed by atoms with van der Waals surface area (Å²) in [5, 5.41) is 14.4. The summed E-state index contributed by atoms with van der Waals surface area (Å²) in [5.41, 5.74) is 2.22. The third-order valence-electron chi connectivity index (χ3n) is 3.13. The summed E-state index contributed by atoms with van der Waals surface area (Å²) >= 11 is 0. The van der Waals surface area contributed by atoms with E-state index < -0.39 is 6.10 Å². The van der Waals surface area contributed by atoms with E-state index in [1.54, 1.807) is 10.9 Å². The van der Waals surface area contributed by atoms with Gasteiger partial charge in [-0.1, -0.05) is 31.2 Å². The fourth-order valence-electron chi connectivity index (χ4n) is 1.90. The molecule has 90 valence electrons. The summed E-state index contributed by atoms with van der Waals surface area (Å²) in [6, 6.07) is 9.91. The monoisotopic (exact) mass is 230 g/mol. The molecule has 0 aliphatic carbocycles. The van der Waals surface area contributed by atoms with Crippen molar-refractivity contribution < 1.29 is 5.11 Å². The number of hydrogen-bond acceptors (Lipinski definition) is 2. The molecule has 0 saturated heterocycles. The molecule has 0 saturated carbocycles. The Morgan fingerprint density at radius 3 is 2.53 bits per heavy atom. The Labute approximate surface area is 102 Å². The Hall–Kier alpha value is -1.61. The van der Waals surface area contributed by atoms with Crippen LogP contribution in [0.5, 0.6) is 0 Å². The number of hydrogen-bond donors (Lipinski definition) is 1. The van der Waals surface area contributed by atoms with E-state index in [1.807, 2.05) is 31.3 Å². The number of nitrogens with zero attached hydrogens (tertiary/aromatic N) is 2. The van der Waals surface area contributed by atoms with Crippen molar-refractivity contribution in [3.8, 4) is 0 Å². The molecule has 0 bridgehead atoms. The van der Waals surface area contributed by atoms with E-state index in [0.717, 1.165) is 12.0 Å². The second-order valence-corrected chi connectivity index (χ2v) is 4.27. The highest BCUT2D eigenvalue weighted by Crippen LogP contribution is 2.25. The van der Waals surface area contributed by atoms with Gasteiger partial charge in [-0.25, -0.2) is 0 Å². The van der Waals surface area contributed by atoms with Crippen LogP contribution < -0.4 is 0 Å². The van der Waals surface area contributed by atoms with Crippen molar-refractivity contribution in [1.29, 1.82) is 0 Å². The molecule has 0 radical (unpaired) electrons. The van der Waals surface area contributed by atoms with Crippen molar-refractivity contribution in [2.75, 3.05) is 0 Å². The van der Waals surface area contributed by atoms with E-state index in [9.17, 15) is 5.11 Å². The lowest BCUT2D eigenvalue weighted by molar-refractivity contribution is 0.115. The molecule has 0 spiro atoms. The Morgan fingerprint density at radius 1 is 1.29 bits per heavy atom. The van der Waals surface area contributed by atoms with Crippen molar-refractivity contribution in [3.63, 3.8) is 0 Å². The van der Waals surface area contributed by atoms with Gasteiger partial charge in [-0.15, -0.1) is 0 Å². The molecule has 0 amide bonds. The molecule has 1 aromatic carbocycles. The Kier molecular flexibility index (Phi) is 3.59. The molecule has 3 nitrogen and oxygen atoms in total. The van der Waals surface area contributed by atoms with E-state index in [1.165, 1.54) is 5.56 Å². The minimum Gasteiger partial charge on any atom is -0.386 e. The van der Waals surface area contributed by atoms with Gasteiger partial charge in [-0.2, -0.15) is 5.10 Å². The lowest BCUT2D eigenvalue weighted by atomic mass is 10.0. The van der Waals surface area contributed by atoms with Gasteiger partial charge < -0.3 is 5.11 Å². The summed E-state index contributed by atoms with van der Waals surface area (Å²) < 4.78 is 1.78. The van der Waals surface area contributed by atoms with Crippen LogP contribution in [0, 0.1) is 0 Å². The maximum atomic E-state index is 10.3. The topological polar surface area (TPSA) is 38.0 Å². The highest BCUT2D eigenvalue weighted by molar-refractivity contribution is 5.24. The van der Waals surface area contributed by atoms with Crippen molar-refractivity contribution in [1.82, 2.24) is 9.78 Å². The molecule has 2 rings (SSSR count). The van der Waals surface area contributed by atoms with Gasteiger partial charge in [0.05, 0.1) is 6.04 Å². The van der Waals surface area contributed by atoms with Crippen molar-refractivity contribution in [2.45, 2.75) is 32.4 Å². The number of aliphatic hydroxyl groups is 1. The number of aromatic nitrogens is 2. The molecular formula is C14H18N2O. The van der Waals surface area contributed by atoms with Gasteiger partial charge in [0.1, 0.15) is 6.10 Å². The molecule has 1 N–H and O–H groups in total. The molecule has 0 aliphatic rings. The smallest absolute Gasteiger partial charge is 0.101 e. The SMILES string of the molecule is CCc1ccc(C(O)C(C)n2cccn2)cc1. The van der Waals surface area contributed by atoms with Crippen LogP contribution in [0.3, 0.4) is 0 Å². The molecule has 0 aliphatic heterocycles. The lowest BCUT2D eigenvalue weighted by Crippen LogP contribution is -2.15. The van der Waals surface area contributed by atoms with Crippen LogP contribution in [-0.2, 0) is 6.42 Å². The molecule has 0 fully saturated rings. The van der Waals surface area contributed by atoms with Gasteiger partial charge in [0.15, 0.2) is 0 Å². The zero-order valence-corrected chi connectivity index (χ0v) is 10.2. The molecule has 17 heavy (non-hydrogen) atoms. The van der Waals surface area contributed by atoms with Gasteiger partial charge in [-0.3, -0.25) is 4.68 Å². The molecule has 2 atom stereocenters. The van der Waals surface area contributed by atoms with Crippen LogP contribution in [0.2, 0.25) is 0 Å². The first-order valence-corrected chi connectivity index (χ1v) is 5.98. The van der Waals surface area contributed by atoms with Crippen molar-refractivity contribution in [3.05, 3.63) is 53.9 Å². The van der Waals surface area contributed by atoms with Crippen molar-refractivity contribution >= 4 is 0 Å². The highest BCUT2D eigenvalue weighted by Gasteiger charge is 2.17. The summed E-state index contributed by atoms with van der Waals surface area (Å²) in [5.74, 6) is 0. The number of aliphatic hydroxyl groups excluding tert-OH is 1. The zero-order valence-electron chi connectivity index (χ0n) is 10.2. The van der Waals surface area contributed by atoms with Crippen LogP contribution in [0.1, 0.15) is 37.1 Å². The van der Waals surface area contributed by atoms with Gasteiger partial charge in [0.25, 0.3) is 0 Å². The normalized spacial score (nSPS) is 14.5. The van der Waals surface area contributed by atoms with Crippen LogP contribution in [0.4, 0.5) is 0 Å². The van der Waals surface area contributed by atoms with Gasteiger partial charge in [0, 0.05) is 12.4 Å². The van der Waals surface area contributed by atoms with Crippen LogP contribution in [0.15, 0.2) is 42.7 Å². The van der Waals surface area contributed by atoms with Gasteiger partial charge >= 0.3 is 0 Å². The second kappa shape index (κ2) is 5.15. The third-order valence-corrected chi connectivity index (χ3v) is 3.13. The Balaban J connectivity index is 2.16. The van der Waals surface area contributed by atoms with E-state index in [0.29, 0.717) is 0 Å². The van der Waals surface area contributed by atoms with Gasteiger partial charge in [0.2, 0.25) is 0 Å². The Morgan fingerprint density at radius 2 is 2.00 bits per heavy atom. The van der Waals surface area contributed by atoms with E-state index in [4.69, 9.17) is 0 Å². The molecule has 1 heterocycles. The molecule has 2 unspecified atom stereocenters. The van der Waals surface area contributed by atoms with Crippen LogP contribution in [-0.4, -0.2) is 14.9 Å². The molecular weight excluding hydrogens is 212 g/mol. The number of benzene rings is 1. The summed E-state index contributed by atoms with van der Waals surface area (Å²) in [6.45, 7) is 4.09. The van der Waals surface area contributed by atoms with E-state index in [-0.39, 0.29) is 6.04 Å². The summed E-state index contributed by atoms with van der Waals surface area (Å²) in [4.78, 5) is 0. The summed E-state index contributed by atoms with van der Waals surface area (Å²) in [6.07, 6.45) is 4.09. The summed E-state index contributed by atoms with van der Waals surface area (Å²) in [7, 11) is 0. The number of rotatable bonds is 4. The molecule has 2 aromatic rings.